The number of nitrogens with zero attached hydrogens (tertiary/aromatic N) is 1. The van der Waals surface area contributed by atoms with E-state index in [-0.39, 0.29) is 11.2 Å². The van der Waals surface area contributed by atoms with E-state index in [0.29, 0.717) is 22.9 Å². The maximum absolute atomic E-state index is 11.9. The van der Waals surface area contributed by atoms with E-state index in [2.05, 4.69) is 11.9 Å². The van der Waals surface area contributed by atoms with Crippen LogP contribution in [0, 0.1) is 10.1 Å². The topological polar surface area (TPSA) is 76.0 Å². The quantitative estimate of drug-likeness (QED) is 0.509. The van der Waals surface area contributed by atoms with E-state index in [1.807, 2.05) is 0 Å². The first-order valence-electron chi connectivity index (χ1n) is 6.43. The summed E-state index contributed by atoms with van der Waals surface area (Å²) in [6.07, 6.45) is 3.40. The molecule has 0 aliphatic carbocycles. The average molecular weight is 260 g/mol. The Bertz CT molecular complexity index is 661. The Morgan fingerprint density at radius 2 is 1.89 bits per heavy atom. The van der Waals surface area contributed by atoms with E-state index < -0.39 is 4.92 Å². The number of nitro groups is 1. The minimum absolute atomic E-state index is 0.0336. The molecule has 0 fully saturated rings. The highest BCUT2D eigenvalue weighted by atomic mass is 16.6. The predicted octanol–water partition coefficient (Wildman–Crippen LogP) is 3.17. The van der Waals surface area contributed by atoms with Crippen LogP contribution in [0.15, 0.2) is 29.1 Å². The largest absolute Gasteiger partial charge is 0.320 e. The molecule has 5 nitrogen and oxygen atoms in total. The number of unbranched alkanes of at least 4 members (excludes halogenated alkanes) is 2. The number of rotatable bonds is 5. The number of pyridine rings is 1. The lowest BCUT2D eigenvalue weighted by Crippen LogP contribution is -2.12. The molecule has 100 valence electrons. The van der Waals surface area contributed by atoms with Gasteiger partial charge in [0.05, 0.1) is 21.4 Å². The smallest absolute Gasteiger partial charge is 0.296 e. The van der Waals surface area contributed by atoms with Crippen molar-refractivity contribution in [1.29, 1.82) is 0 Å². The first-order valence-corrected chi connectivity index (χ1v) is 6.43. The highest BCUT2D eigenvalue weighted by molar-refractivity contribution is 5.90. The molecule has 1 N–H and O–H groups in total. The molecule has 0 aliphatic rings. The SMILES string of the molecule is CCCCCc1[nH]c(=O)c2ccccc2c1[N+](=O)[O-]. The van der Waals surface area contributed by atoms with Crippen molar-refractivity contribution in [2.24, 2.45) is 0 Å². The fourth-order valence-electron chi connectivity index (χ4n) is 2.25. The fraction of sp³-hybridized carbons (Fsp3) is 0.357. The van der Waals surface area contributed by atoms with Crippen molar-refractivity contribution in [3.8, 4) is 0 Å². The summed E-state index contributed by atoms with van der Waals surface area (Å²) in [5.41, 5.74) is 0.209. The van der Waals surface area contributed by atoms with E-state index in [1.54, 1.807) is 24.3 Å². The molecule has 1 aromatic heterocycles. The zero-order valence-corrected chi connectivity index (χ0v) is 10.8. The van der Waals surface area contributed by atoms with Crippen LogP contribution in [0.4, 0.5) is 5.69 Å². The molecule has 0 saturated heterocycles. The normalized spacial score (nSPS) is 10.8. The lowest BCUT2D eigenvalue weighted by atomic mass is 10.1. The molecule has 0 amide bonds. The maximum atomic E-state index is 11.9. The van der Waals surface area contributed by atoms with Crippen molar-refractivity contribution in [1.82, 2.24) is 4.98 Å². The molecule has 1 heterocycles. The molecule has 0 radical (unpaired) electrons. The summed E-state index contributed by atoms with van der Waals surface area (Å²) < 4.78 is 0. The number of hydrogen-bond acceptors (Lipinski definition) is 3. The predicted molar refractivity (Wildman–Crippen MR) is 74.5 cm³/mol. The second-order valence-corrected chi connectivity index (χ2v) is 4.54. The standard InChI is InChI=1S/C14H16N2O3/c1-2-3-4-9-12-13(16(18)19)10-7-5-6-8-11(10)14(17)15-12/h5-8H,2-4,9H2,1H3,(H,15,17). The Morgan fingerprint density at radius 3 is 2.53 bits per heavy atom. The number of hydrogen-bond donors (Lipinski definition) is 1. The minimum Gasteiger partial charge on any atom is -0.320 e. The summed E-state index contributed by atoms with van der Waals surface area (Å²) in [5, 5.41) is 12.1. The Hall–Kier alpha value is -2.17. The van der Waals surface area contributed by atoms with Crippen LogP contribution in [-0.4, -0.2) is 9.91 Å². The van der Waals surface area contributed by atoms with Gasteiger partial charge in [0.15, 0.2) is 0 Å². The van der Waals surface area contributed by atoms with Crippen LogP contribution >= 0.6 is 0 Å². The number of aromatic nitrogens is 1. The summed E-state index contributed by atoms with van der Waals surface area (Å²) in [4.78, 5) is 25.5. The highest BCUT2D eigenvalue weighted by Gasteiger charge is 2.20. The Kier molecular flexibility index (Phi) is 3.94. The molecule has 0 aliphatic heterocycles. The highest BCUT2D eigenvalue weighted by Crippen LogP contribution is 2.26. The van der Waals surface area contributed by atoms with Crippen LogP contribution < -0.4 is 5.56 Å². The molecular weight excluding hydrogens is 244 g/mol. The second-order valence-electron chi connectivity index (χ2n) is 4.54. The zero-order valence-electron chi connectivity index (χ0n) is 10.8. The second kappa shape index (κ2) is 5.65. The van der Waals surface area contributed by atoms with Crippen molar-refractivity contribution >= 4 is 16.5 Å². The van der Waals surface area contributed by atoms with Crippen LogP contribution in [0.1, 0.15) is 31.9 Å². The van der Waals surface area contributed by atoms with Gasteiger partial charge in [-0.05, 0) is 25.0 Å². The van der Waals surface area contributed by atoms with Gasteiger partial charge in [-0.15, -0.1) is 0 Å². The van der Waals surface area contributed by atoms with Gasteiger partial charge >= 0.3 is 0 Å². The number of nitrogens with one attached hydrogen (secondary N) is 1. The summed E-state index contributed by atoms with van der Waals surface area (Å²) >= 11 is 0. The number of aromatic amines is 1. The van der Waals surface area contributed by atoms with Gasteiger partial charge in [-0.1, -0.05) is 31.9 Å². The Morgan fingerprint density at radius 1 is 1.21 bits per heavy atom. The summed E-state index contributed by atoms with van der Waals surface area (Å²) in [6.45, 7) is 2.07. The lowest BCUT2D eigenvalue weighted by molar-refractivity contribution is -0.384. The van der Waals surface area contributed by atoms with Gasteiger partial charge in [-0.3, -0.25) is 14.9 Å². The molecule has 0 bridgehead atoms. The molecule has 5 heteroatoms. The molecule has 0 spiro atoms. The maximum Gasteiger partial charge on any atom is 0.296 e. The monoisotopic (exact) mass is 260 g/mol. The molecule has 2 aromatic rings. The lowest BCUT2D eigenvalue weighted by Gasteiger charge is -2.05. The first-order chi connectivity index (χ1) is 9.15. The Labute approximate surface area is 110 Å². The van der Waals surface area contributed by atoms with Crippen LogP contribution in [0.3, 0.4) is 0 Å². The van der Waals surface area contributed by atoms with E-state index in [4.69, 9.17) is 0 Å². The third kappa shape index (κ3) is 2.65. The summed E-state index contributed by atoms with van der Waals surface area (Å²) in [7, 11) is 0. The van der Waals surface area contributed by atoms with Crippen LogP contribution in [-0.2, 0) is 6.42 Å². The van der Waals surface area contributed by atoms with Crippen LogP contribution in [0.2, 0.25) is 0 Å². The molecule has 1 aromatic carbocycles. The minimum atomic E-state index is -0.403. The fourth-order valence-corrected chi connectivity index (χ4v) is 2.25. The van der Waals surface area contributed by atoms with Gasteiger partial charge < -0.3 is 4.98 Å². The van der Waals surface area contributed by atoms with Gasteiger partial charge in [0.2, 0.25) is 0 Å². The van der Waals surface area contributed by atoms with E-state index >= 15 is 0 Å². The molecule has 0 saturated carbocycles. The van der Waals surface area contributed by atoms with Gasteiger partial charge in [0.1, 0.15) is 0 Å². The third-order valence-electron chi connectivity index (χ3n) is 3.19. The van der Waals surface area contributed by atoms with Crippen LogP contribution in [0.5, 0.6) is 0 Å². The van der Waals surface area contributed by atoms with Crippen molar-refractivity contribution in [3.05, 3.63) is 50.4 Å². The van der Waals surface area contributed by atoms with Gasteiger partial charge in [0, 0.05) is 0 Å². The zero-order chi connectivity index (χ0) is 13.8. The van der Waals surface area contributed by atoms with Crippen molar-refractivity contribution in [2.45, 2.75) is 32.6 Å². The van der Waals surface area contributed by atoms with Crippen LogP contribution in [0.25, 0.3) is 10.8 Å². The van der Waals surface area contributed by atoms with E-state index in [9.17, 15) is 14.9 Å². The molecule has 19 heavy (non-hydrogen) atoms. The number of benzene rings is 1. The summed E-state index contributed by atoms with van der Waals surface area (Å²) in [6, 6.07) is 6.66. The van der Waals surface area contributed by atoms with Crippen molar-refractivity contribution < 1.29 is 4.92 Å². The molecule has 2 rings (SSSR count). The van der Waals surface area contributed by atoms with Crippen molar-refractivity contribution in [2.75, 3.05) is 0 Å². The van der Waals surface area contributed by atoms with Gasteiger partial charge in [-0.25, -0.2) is 0 Å². The molecule has 0 atom stereocenters. The average Bonchev–Trinajstić information content (AvgIpc) is 2.39. The van der Waals surface area contributed by atoms with Gasteiger partial charge in [0.25, 0.3) is 11.2 Å². The third-order valence-corrected chi connectivity index (χ3v) is 3.19. The molecular formula is C14H16N2O3. The summed E-state index contributed by atoms with van der Waals surface area (Å²) in [5.74, 6) is 0. The first kappa shape index (κ1) is 13.3. The molecule has 0 unspecified atom stereocenters. The van der Waals surface area contributed by atoms with Crippen molar-refractivity contribution in [3.63, 3.8) is 0 Å². The number of fused-ring (bicyclic) bond motifs is 1. The van der Waals surface area contributed by atoms with E-state index in [0.717, 1.165) is 19.3 Å². The van der Waals surface area contributed by atoms with E-state index in [1.165, 1.54) is 0 Å². The Balaban J connectivity index is 2.59. The number of aryl methyl sites for hydroxylation is 1. The number of H-pyrrole nitrogens is 1. The van der Waals surface area contributed by atoms with Gasteiger partial charge in [-0.2, -0.15) is 0 Å².